The molecule has 2 unspecified atom stereocenters. The highest BCUT2D eigenvalue weighted by atomic mass is 15.2. The van der Waals surface area contributed by atoms with Gasteiger partial charge in [-0.1, -0.05) is 18.2 Å². The third-order valence-corrected chi connectivity index (χ3v) is 4.20. The smallest absolute Gasteiger partial charge is 0.0371 e. The maximum absolute atomic E-state index is 3.45. The number of fused-ring (bicyclic) bond motifs is 2. The largest absolute Gasteiger partial charge is 0.365 e. The maximum Gasteiger partial charge on any atom is 0.0371 e. The quantitative estimate of drug-likeness (QED) is 0.816. The summed E-state index contributed by atoms with van der Waals surface area (Å²) in [4.78, 5) is 2.66. The van der Waals surface area contributed by atoms with Gasteiger partial charge in [0.15, 0.2) is 0 Å². The van der Waals surface area contributed by atoms with Crippen LogP contribution in [0.15, 0.2) is 30.3 Å². The molecule has 0 aromatic heterocycles. The fraction of sp³-hybridized carbons (Fsp3) is 0.571. The molecule has 2 heterocycles. The molecule has 0 amide bonds. The summed E-state index contributed by atoms with van der Waals surface area (Å²) in [7, 11) is 2.10. The zero-order valence-corrected chi connectivity index (χ0v) is 9.89. The first-order chi connectivity index (χ1) is 7.88. The van der Waals surface area contributed by atoms with Crippen molar-refractivity contribution < 1.29 is 0 Å². The Morgan fingerprint density at radius 2 is 1.69 bits per heavy atom. The van der Waals surface area contributed by atoms with Crippen LogP contribution in [0.5, 0.6) is 0 Å². The van der Waals surface area contributed by atoms with Gasteiger partial charge in [-0.25, -0.2) is 0 Å². The highest BCUT2D eigenvalue weighted by molar-refractivity contribution is 5.50. The van der Waals surface area contributed by atoms with Gasteiger partial charge in [-0.2, -0.15) is 0 Å². The molecule has 1 aromatic rings. The molecule has 2 aliphatic heterocycles. The number of nitrogens with one attached hydrogen (secondary N) is 1. The van der Waals surface area contributed by atoms with Gasteiger partial charge in [-0.15, -0.1) is 0 Å². The van der Waals surface area contributed by atoms with Crippen molar-refractivity contribution in [1.82, 2.24) is 5.32 Å². The van der Waals surface area contributed by atoms with E-state index in [1.54, 1.807) is 0 Å². The van der Waals surface area contributed by atoms with Crippen LogP contribution in [0.4, 0.5) is 5.69 Å². The van der Waals surface area contributed by atoms with E-state index in [0.717, 1.165) is 18.1 Å². The number of para-hydroxylation sites is 1. The van der Waals surface area contributed by atoms with Crippen molar-refractivity contribution in [3.8, 4) is 0 Å². The zero-order chi connectivity index (χ0) is 11.0. The summed E-state index contributed by atoms with van der Waals surface area (Å²) in [6, 6.07) is 13.2. The lowest BCUT2D eigenvalue weighted by Crippen LogP contribution is -2.48. The van der Waals surface area contributed by atoms with E-state index >= 15 is 0 Å². The van der Waals surface area contributed by atoms with Crippen LogP contribution in [0.3, 0.4) is 0 Å². The molecule has 0 spiro atoms. The minimum Gasteiger partial charge on any atom is -0.365 e. The van der Waals surface area contributed by atoms with Gasteiger partial charge in [-0.3, -0.25) is 0 Å². The number of nitrogens with zero attached hydrogens (tertiary/aromatic N) is 1. The van der Waals surface area contributed by atoms with Crippen molar-refractivity contribution in [1.29, 1.82) is 0 Å². The second kappa shape index (κ2) is 4.10. The molecule has 3 rings (SSSR count). The average molecular weight is 216 g/mol. The summed E-state index contributed by atoms with van der Waals surface area (Å²) < 4.78 is 0. The van der Waals surface area contributed by atoms with Crippen molar-refractivity contribution in [2.75, 3.05) is 11.9 Å². The van der Waals surface area contributed by atoms with Gasteiger partial charge in [0.05, 0.1) is 0 Å². The van der Waals surface area contributed by atoms with Crippen LogP contribution in [0.25, 0.3) is 0 Å². The molecule has 2 fully saturated rings. The fourth-order valence-corrected chi connectivity index (χ4v) is 3.43. The Hall–Kier alpha value is -1.02. The van der Waals surface area contributed by atoms with E-state index in [0.29, 0.717) is 0 Å². The van der Waals surface area contributed by atoms with Crippen molar-refractivity contribution in [2.24, 2.45) is 0 Å². The van der Waals surface area contributed by atoms with Crippen molar-refractivity contribution in [2.45, 2.75) is 43.8 Å². The van der Waals surface area contributed by atoms with Crippen molar-refractivity contribution in [3.05, 3.63) is 30.3 Å². The third kappa shape index (κ3) is 1.61. The second-order valence-corrected chi connectivity index (χ2v) is 5.08. The number of rotatable bonds is 2. The molecule has 1 N–H and O–H groups in total. The minimum absolute atomic E-state index is 0.734. The topological polar surface area (TPSA) is 15.3 Å². The zero-order valence-electron chi connectivity index (χ0n) is 9.89. The molecule has 0 aliphatic carbocycles. The summed E-state index contributed by atoms with van der Waals surface area (Å²) in [6.45, 7) is 0. The molecule has 0 saturated carbocycles. The van der Waals surface area contributed by atoms with Crippen LogP contribution in [-0.2, 0) is 0 Å². The van der Waals surface area contributed by atoms with Crippen LogP contribution in [-0.4, -0.2) is 25.2 Å². The predicted molar refractivity (Wildman–Crippen MR) is 67.8 cm³/mol. The van der Waals surface area contributed by atoms with Crippen LogP contribution >= 0.6 is 0 Å². The number of anilines is 1. The van der Waals surface area contributed by atoms with Gasteiger partial charge in [0.2, 0.25) is 0 Å². The van der Waals surface area contributed by atoms with E-state index in [1.165, 1.54) is 31.4 Å². The normalized spacial score (nSPS) is 33.1. The second-order valence-electron chi connectivity index (χ2n) is 5.08. The summed E-state index contributed by atoms with van der Waals surface area (Å²) >= 11 is 0. The number of piperidine rings is 1. The van der Waals surface area contributed by atoms with Gasteiger partial charge in [0.25, 0.3) is 0 Å². The molecule has 2 saturated heterocycles. The molecule has 2 bridgehead atoms. The first-order valence-electron chi connectivity index (χ1n) is 6.39. The summed E-state index contributed by atoms with van der Waals surface area (Å²) in [5.74, 6) is 0. The van der Waals surface area contributed by atoms with E-state index in [4.69, 9.17) is 0 Å². The molecule has 16 heavy (non-hydrogen) atoms. The van der Waals surface area contributed by atoms with E-state index in [9.17, 15) is 0 Å². The van der Waals surface area contributed by atoms with E-state index in [2.05, 4.69) is 47.6 Å². The molecule has 86 valence electrons. The van der Waals surface area contributed by atoms with Crippen LogP contribution in [0.1, 0.15) is 25.7 Å². The third-order valence-electron chi connectivity index (χ3n) is 4.20. The lowest BCUT2D eigenvalue weighted by Gasteiger charge is -2.40. The van der Waals surface area contributed by atoms with E-state index < -0.39 is 0 Å². The number of hydrogen-bond donors (Lipinski definition) is 1. The Kier molecular flexibility index (Phi) is 2.60. The standard InChI is InChI=1S/C14H20N2/c1-15-11-9-13-7-8-14(10-11)16(13)12-5-3-2-4-6-12/h2-6,11,13-15H,7-10H2,1H3. The summed E-state index contributed by atoms with van der Waals surface area (Å²) in [6.07, 6.45) is 5.36. The van der Waals surface area contributed by atoms with Gasteiger partial charge in [0.1, 0.15) is 0 Å². The first-order valence-corrected chi connectivity index (χ1v) is 6.39. The monoisotopic (exact) mass is 216 g/mol. The Bertz CT molecular complexity index is 335. The van der Waals surface area contributed by atoms with Gasteiger partial charge in [0, 0.05) is 23.8 Å². The molecule has 2 nitrogen and oxygen atoms in total. The average Bonchev–Trinajstić information content (AvgIpc) is 2.61. The molecule has 1 aromatic carbocycles. The Balaban J connectivity index is 1.84. The van der Waals surface area contributed by atoms with Crippen molar-refractivity contribution >= 4 is 5.69 Å². The predicted octanol–water partition coefficient (Wildman–Crippen LogP) is 2.41. The molecule has 0 radical (unpaired) electrons. The van der Waals surface area contributed by atoms with Gasteiger partial charge < -0.3 is 10.2 Å². The first kappa shape index (κ1) is 10.2. The fourth-order valence-electron chi connectivity index (χ4n) is 3.43. The van der Waals surface area contributed by atoms with Gasteiger partial charge in [-0.05, 0) is 44.9 Å². The van der Waals surface area contributed by atoms with E-state index in [-0.39, 0.29) is 0 Å². The number of hydrogen-bond acceptors (Lipinski definition) is 2. The molecular formula is C14H20N2. The summed E-state index contributed by atoms with van der Waals surface area (Å²) in [5.41, 5.74) is 1.42. The lowest BCUT2D eigenvalue weighted by molar-refractivity contribution is 0.374. The maximum atomic E-state index is 3.45. The Morgan fingerprint density at radius 1 is 1.06 bits per heavy atom. The van der Waals surface area contributed by atoms with Crippen LogP contribution in [0.2, 0.25) is 0 Å². The summed E-state index contributed by atoms with van der Waals surface area (Å²) in [5, 5.41) is 3.45. The Labute approximate surface area is 97.6 Å². The van der Waals surface area contributed by atoms with E-state index in [1.807, 2.05) is 0 Å². The lowest BCUT2D eigenvalue weighted by atomic mass is 9.97. The highest BCUT2D eigenvalue weighted by Crippen LogP contribution is 2.38. The molecule has 2 atom stereocenters. The minimum atomic E-state index is 0.734. The highest BCUT2D eigenvalue weighted by Gasteiger charge is 2.40. The molecular weight excluding hydrogens is 196 g/mol. The SMILES string of the molecule is CNC1CC2CCC(C1)N2c1ccccc1. The van der Waals surface area contributed by atoms with Crippen LogP contribution < -0.4 is 10.2 Å². The van der Waals surface area contributed by atoms with Crippen molar-refractivity contribution in [3.63, 3.8) is 0 Å². The van der Waals surface area contributed by atoms with Gasteiger partial charge >= 0.3 is 0 Å². The Morgan fingerprint density at radius 3 is 2.25 bits per heavy atom. The number of benzene rings is 1. The molecule has 2 heteroatoms. The molecule has 2 aliphatic rings. The van der Waals surface area contributed by atoms with Crippen LogP contribution in [0, 0.1) is 0 Å².